The van der Waals surface area contributed by atoms with Gasteiger partial charge in [0.05, 0.1) is 24.9 Å². The first-order valence-corrected chi connectivity index (χ1v) is 10.7. The molecule has 12 heteroatoms. The van der Waals surface area contributed by atoms with Gasteiger partial charge in [-0.25, -0.2) is 23.1 Å². The van der Waals surface area contributed by atoms with Crippen molar-refractivity contribution in [2.75, 3.05) is 23.8 Å². The first kappa shape index (κ1) is 23.6. The van der Waals surface area contributed by atoms with Gasteiger partial charge in [-0.1, -0.05) is 0 Å². The number of fused-ring (bicyclic) bond motifs is 1. The van der Waals surface area contributed by atoms with E-state index in [9.17, 15) is 18.3 Å². The van der Waals surface area contributed by atoms with E-state index in [0.717, 1.165) is 25.7 Å². The molecule has 1 aliphatic heterocycles. The second-order valence-corrected chi connectivity index (χ2v) is 8.24. The maximum Gasteiger partial charge on any atom is 0.224 e. The average molecular weight is 483 g/mol. The van der Waals surface area contributed by atoms with Crippen molar-refractivity contribution in [3.63, 3.8) is 0 Å². The van der Waals surface area contributed by atoms with Gasteiger partial charge < -0.3 is 20.5 Å². The quantitative estimate of drug-likeness (QED) is 0.509. The Balaban J connectivity index is 0.00000259. The fourth-order valence-corrected chi connectivity index (χ4v) is 4.30. The van der Waals surface area contributed by atoms with Crippen LogP contribution < -0.4 is 10.6 Å². The highest BCUT2D eigenvalue weighted by atomic mass is 32.1. The summed E-state index contributed by atoms with van der Waals surface area (Å²) in [4.78, 5) is 13.4. The number of hydrogen-bond acceptors (Lipinski definition) is 7. The number of nitrogens with zero attached hydrogens (tertiary/aromatic N) is 4. The molecule has 0 radical (unpaired) electrons. The predicted octanol–water partition coefficient (Wildman–Crippen LogP) is 3.78. The molecule has 3 aromatic rings. The van der Waals surface area contributed by atoms with Crippen molar-refractivity contribution in [3.8, 4) is 0 Å². The molecule has 33 heavy (non-hydrogen) atoms. The molecule has 1 atom stereocenters. The summed E-state index contributed by atoms with van der Waals surface area (Å²) < 4.78 is 49.1. The van der Waals surface area contributed by atoms with Gasteiger partial charge in [0.2, 0.25) is 11.9 Å². The zero-order valence-corrected chi connectivity index (χ0v) is 18.7. The Morgan fingerprint density at radius 1 is 1.03 bits per heavy atom. The Morgan fingerprint density at radius 3 is 2.42 bits per heavy atom. The molecule has 2 aliphatic rings. The normalized spacial score (nSPS) is 22.8. The lowest BCUT2D eigenvalue weighted by Crippen LogP contribution is -2.29. The van der Waals surface area contributed by atoms with Gasteiger partial charge in [-0.3, -0.25) is 4.57 Å². The molecule has 1 aromatic carbocycles. The SMILES string of the molecule is OC1CCC(Nc2ncc3nc(Nc4c(F)cc(F)cc4F)n([C@H]4CCOC4)c3n2)CC1.S. The largest absolute Gasteiger partial charge is 0.393 e. The Hall–Kier alpha value is -2.57. The minimum Gasteiger partial charge on any atom is -0.393 e. The summed E-state index contributed by atoms with van der Waals surface area (Å²) in [5, 5.41) is 15.7. The third-order valence-corrected chi connectivity index (χ3v) is 5.98. The van der Waals surface area contributed by atoms with Crippen LogP contribution >= 0.6 is 13.5 Å². The number of rotatable bonds is 5. The van der Waals surface area contributed by atoms with Crippen LogP contribution in [0.15, 0.2) is 18.3 Å². The van der Waals surface area contributed by atoms with Crippen LogP contribution in [0.1, 0.15) is 38.1 Å². The molecule has 2 aromatic heterocycles. The van der Waals surface area contributed by atoms with Crippen molar-refractivity contribution in [2.45, 2.75) is 50.3 Å². The molecule has 0 bridgehead atoms. The zero-order chi connectivity index (χ0) is 22.2. The maximum absolute atomic E-state index is 14.3. The van der Waals surface area contributed by atoms with Gasteiger partial charge in [0.1, 0.15) is 17.0 Å². The molecule has 5 rings (SSSR count). The summed E-state index contributed by atoms with van der Waals surface area (Å²) in [6, 6.07) is 1.24. The van der Waals surface area contributed by atoms with Gasteiger partial charge in [0, 0.05) is 24.8 Å². The molecule has 8 nitrogen and oxygen atoms in total. The summed E-state index contributed by atoms with van der Waals surface area (Å²) in [6.07, 6.45) is 5.04. The molecule has 3 heterocycles. The number of halogens is 3. The number of ether oxygens (including phenoxy) is 1. The average Bonchev–Trinajstić information content (AvgIpc) is 3.39. The summed E-state index contributed by atoms with van der Waals surface area (Å²) in [6.45, 7) is 0.950. The monoisotopic (exact) mass is 482 g/mol. The molecule has 1 aliphatic carbocycles. The summed E-state index contributed by atoms with van der Waals surface area (Å²) in [5.41, 5.74) is 0.458. The fraction of sp³-hybridized carbons (Fsp3) is 0.476. The fourth-order valence-electron chi connectivity index (χ4n) is 4.30. The second-order valence-electron chi connectivity index (χ2n) is 8.24. The third kappa shape index (κ3) is 4.87. The molecular formula is C21H25F3N6O2S. The van der Waals surface area contributed by atoms with Crippen LogP contribution in [0, 0.1) is 17.5 Å². The molecule has 0 spiro atoms. The highest BCUT2D eigenvalue weighted by Gasteiger charge is 2.27. The zero-order valence-electron chi connectivity index (χ0n) is 17.7. The van der Waals surface area contributed by atoms with Crippen molar-refractivity contribution in [1.82, 2.24) is 19.5 Å². The lowest BCUT2D eigenvalue weighted by Gasteiger charge is -2.26. The number of hydrogen-bond donors (Lipinski definition) is 3. The number of benzene rings is 1. The van der Waals surface area contributed by atoms with Crippen LogP contribution in [0.2, 0.25) is 0 Å². The van der Waals surface area contributed by atoms with Crippen molar-refractivity contribution >= 4 is 42.2 Å². The number of aliphatic hydroxyl groups excluding tert-OH is 1. The van der Waals surface area contributed by atoms with E-state index in [1.54, 1.807) is 10.8 Å². The third-order valence-electron chi connectivity index (χ3n) is 5.98. The summed E-state index contributed by atoms with van der Waals surface area (Å²) >= 11 is 0. The van der Waals surface area contributed by atoms with E-state index in [0.29, 0.717) is 48.9 Å². The van der Waals surface area contributed by atoms with E-state index in [1.165, 1.54) is 0 Å². The van der Waals surface area contributed by atoms with E-state index in [1.807, 2.05) is 0 Å². The second kappa shape index (κ2) is 9.74. The Morgan fingerprint density at radius 2 is 1.76 bits per heavy atom. The van der Waals surface area contributed by atoms with Gasteiger partial charge in [0.25, 0.3) is 0 Å². The van der Waals surface area contributed by atoms with Gasteiger partial charge in [-0.05, 0) is 32.1 Å². The van der Waals surface area contributed by atoms with Crippen LogP contribution in [-0.2, 0) is 4.74 Å². The summed E-state index contributed by atoms with van der Waals surface area (Å²) in [7, 11) is 0. The van der Waals surface area contributed by atoms with Crippen LogP contribution in [0.5, 0.6) is 0 Å². The maximum atomic E-state index is 14.3. The minimum absolute atomic E-state index is 0. The minimum atomic E-state index is -1.06. The van der Waals surface area contributed by atoms with E-state index < -0.39 is 23.1 Å². The number of imidazole rings is 1. The van der Waals surface area contributed by atoms with Crippen LogP contribution in [0.25, 0.3) is 11.2 Å². The Labute approximate surface area is 195 Å². The van der Waals surface area contributed by atoms with E-state index in [4.69, 9.17) is 4.74 Å². The number of nitrogens with one attached hydrogen (secondary N) is 2. The predicted molar refractivity (Wildman–Crippen MR) is 122 cm³/mol. The topological polar surface area (TPSA) is 97.1 Å². The van der Waals surface area contributed by atoms with Crippen LogP contribution in [0.3, 0.4) is 0 Å². The van der Waals surface area contributed by atoms with E-state index in [-0.39, 0.29) is 37.6 Å². The lowest BCUT2D eigenvalue weighted by molar-refractivity contribution is 0.126. The van der Waals surface area contributed by atoms with Gasteiger partial charge in [-0.2, -0.15) is 18.5 Å². The number of aliphatic hydroxyl groups is 1. The van der Waals surface area contributed by atoms with Gasteiger partial charge >= 0.3 is 0 Å². The molecule has 2 fully saturated rings. The van der Waals surface area contributed by atoms with Crippen LogP contribution in [-0.4, -0.2) is 50.0 Å². The highest BCUT2D eigenvalue weighted by molar-refractivity contribution is 7.59. The molecule has 0 amide bonds. The highest BCUT2D eigenvalue weighted by Crippen LogP contribution is 2.32. The van der Waals surface area contributed by atoms with Gasteiger partial charge in [-0.15, -0.1) is 0 Å². The Bertz CT molecular complexity index is 1110. The van der Waals surface area contributed by atoms with Crippen LogP contribution in [0.4, 0.5) is 30.8 Å². The van der Waals surface area contributed by atoms with Crippen molar-refractivity contribution in [2.24, 2.45) is 0 Å². The summed E-state index contributed by atoms with van der Waals surface area (Å²) in [5.74, 6) is -2.52. The van der Waals surface area contributed by atoms with Crippen molar-refractivity contribution in [1.29, 1.82) is 0 Å². The number of aromatic nitrogens is 4. The van der Waals surface area contributed by atoms with E-state index in [2.05, 4.69) is 25.6 Å². The lowest BCUT2D eigenvalue weighted by atomic mass is 9.93. The Kier molecular flexibility index (Phi) is 6.96. The molecule has 1 saturated heterocycles. The standard InChI is InChI=1S/C21H23F3N6O2.H2S/c22-11-7-15(23)18(16(24)8-11)28-21-27-17-9-25-20(26-12-1-3-14(31)4-2-12)29-19(17)30(21)13-5-6-32-10-13;/h7-9,12-14,31H,1-6,10H2,(H,27,28)(H,25,26,29);1H2/t12?,13-,14?;/m0./s1. The molecule has 1 saturated carbocycles. The van der Waals surface area contributed by atoms with Crippen molar-refractivity contribution in [3.05, 3.63) is 35.8 Å². The molecule has 3 N–H and O–H groups in total. The van der Waals surface area contributed by atoms with Gasteiger partial charge in [0.15, 0.2) is 17.3 Å². The smallest absolute Gasteiger partial charge is 0.224 e. The first-order valence-electron chi connectivity index (χ1n) is 10.7. The molecule has 178 valence electrons. The molecule has 0 unspecified atom stereocenters. The molecular weight excluding hydrogens is 457 g/mol. The van der Waals surface area contributed by atoms with Crippen molar-refractivity contribution < 1.29 is 23.0 Å². The van der Waals surface area contributed by atoms with E-state index >= 15 is 0 Å². The number of anilines is 3. The first-order chi connectivity index (χ1) is 15.5.